The van der Waals surface area contributed by atoms with Gasteiger partial charge in [-0.25, -0.2) is 4.98 Å². The first kappa shape index (κ1) is 11.2. The third-order valence-electron chi connectivity index (χ3n) is 2.18. The van der Waals surface area contributed by atoms with Gasteiger partial charge in [0.15, 0.2) is 0 Å². The van der Waals surface area contributed by atoms with Gasteiger partial charge in [-0.1, -0.05) is 0 Å². The molecule has 1 saturated heterocycles. The largest absolute Gasteiger partial charge is 0.353 e. The van der Waals surface area contributed by atoms with E-state index in [0.29, 0.717) is 0 Å². The third kappa shape index (κ3) is 2.56. The maximum atomic E-state index is 4.43. The van der Waals surface area contributed by atoms with Crippen LogP contribution in [0.5, 0.6) is 0 Å². The summed E-state index contributed by atoms with van der Waals surface area (Å²) in [5, 5.41) is 3.31. The molecule has 1 aliphatic heterocycles. The van der Waals surface area contributed by atoms with E-state index in [9.17, 15) is 0 Å². The van der Waals surface area contributed by atoms with Crippen LogP contribution in [-0.2, 0) is 0 Å². The summed E-state index contributed by atoms with van der Waals surface area (Å²) in [6.45, 7) is 6.10. The molecule has 0 saturated carbocycles. The Morgan fingerprint density at radius 2 is 2.00 bits per heavy atom. The van der Waals surface area contributed by atoms with Gasteiger partial charge in [0, 0.05) is 32.4 Å². The van der Waals surface area contributed by atoms with Crippen LogP contribution in [0.1, 0.15) is 5.69 Å². The van der Waals surface area contributed by atoms with Crippen LogP contribution in [0.15, 0.2) is 12.4 Å². The van der Waals surface area contributed by atoms with Crippen molar-refractivity contribution in [3.05, 3.63) is 18.1 Å². The summed E-state index contributed by atoms with van der Waals surface area (Å²) in [6.07, 6.45) is 3.62. The molecule has 78 valence electrons. The lowest BCUT2D eigenvalue weighted by atomic mass is 10.3. The molecule has 0 unspecified atom stereocenters. The molecule has 1 N–H and O–H groups in total. The molecule has 0 aromatic carbocycles. The molecular formula is C9H15ClN4. The number of nitrogens with zero attached hydrogens (tertiary/aromatic N) is 3. The quantitative estimate of drug-likeness (QED) is 0.744. The van der Waals surface area contributed by atoms with Crippen molar-refractivity contribution in [3.8, 4) is 0 Å². The number of piperazine rings is 1. The van der Waals surface area contributed by atoms with Gasteiger partial charge in [-0.15, -0.1) is 12.4 Å². The van der Waals surface area contributed by atoms with Gasteiger partial charge in [-0.2, -0.15) is 0 Å². The van der Waals surface area contributed by atoms with Crippen LogP contribution in [0.25, 0.3) is 0 Å². The van der Waals surface area contributed by atoms with Crippen LogP contribution >= 0.6 is 12.4 Å². The van der Waals surface area contributed by atoms with Crippen LogP contribution in [0.4, 0.5) is 5.82 Å². The highest BCUT2D eigenvalue weighted by molar-refractivity contribution is 5.85. The average molecular weight is 215 g/mol. The molecule has 2 heterocycles. The van der Waals surface area contributed by atoms with Crippen LogP contribution < -0.4 is 10.2 Å². The van der Waals surface area contributed by atoms with Crippen LogP contribution in [0.2, 0.25) is 0 Å². The van der Waals surface area contributed by atoms with Gasteiger partial charge in [0.2, 0.25) is 0 Å². The highest BCUT2D eigenvalue weighted by Gasteiger charge is 2.11. The molecule has 5 heteroatoms. The molecule has 0 spiro atoms. The highest BCUT2D eigenvalue weighted by atomic mass is 35.5. The molecule has 0 radical (unpaired) electrons. The van der Waals surface area contributed by atoms with E-state index in [1.807, 2.05) is 13.1 Å². The Labute approximate surface area is 90.2 Å². The Kier molecular flexibility index (Phi) is 4.10. The van der Waals surface area contributed by atoms with Crippen LogP contribution in [0, 0.1) is 6.92 Å². The Morgan fingerprint density at radius 1 is 1.29 bits per heavy atom. The summed E-state index contributed by atoms with van der Waals surface area (Å²) in [4.78, 5) is 10.8. The van der Waals surface area contributed by atoms with E-state index in [1.54, 1.807) is 6.20 Å². The number of hydrogen-bond donors (Lipinski definition) is 1. The summed E-state index contributed by atoms with van der Waals surface area (Å²) in [5.74, 6) is 1.00. The predicted molar refractivity (Wildman–Crippen MR) is 59.1 cm³/mol. The number of anilines is 1. The van der Waals surface area contributed by atoms with Gasteiger partial charge < -0.3 is 10.2 Å². The molecule has 0 aliphatic carbocycles. The lowest BCUT2D eigenvalue weighted by Gasteiger charge is -2.28. The van der Waals surface area contributed by atoms with Crippen molar-refractivity contribution in [2.75, 3.05) is 31.1 Å². The number of aromatic nitrogens is 2. The van der Waals surface area contributed by atoms with Gasteiger partial charge >= 0.3 is 0 Å². The fourth-order valence-electron chi connectivity index (χ4n) is 1.50. The smallest absolute Gasteiger partial charge is 0.147 e. The fourth-order valence-corrected chi connectivity index (χ4v) is 1.50. The van der Waals surface area contributed by atoms with E-state index in [0.717, 1.165) is 37.7 Å². The first-order valence-corrected chi connectivity index (χ1v) is 4.60. The molecule has 1 aliphatic rings. The molecule has 1 aromatic heterocycles. The fraction of sp³-hybridized carbons (Fsp3) is 0.556. The summed E-state index contributed by atoms with van der Waals surface area (Å²) in [6, 6.07) is 0. The zero-order valence-electron chi connectivity index (χ0n) is 8.23. The lowest BCUT2D eigenvalue weighted by molar-refractivity contribution is 0.584. The van der Waals surface area contributed by atoms with Gasteiger partial charge in [-0.05, 0) is 6.92 Å². The van der Waals surface area contributed by atoms with Gasteiger partial charge in [0.25, 0.3) is 0 Å². The molecule has 0 amide bonds. The Hall–Kier alpha value is -0.870. The highest BCUT2D eigenvalue weighted by Crippen LogP contribution is 2.09. The number of halogens is 1. The molecule has 1 fully saturated rings. The van der Waals surface area contributed by atoms with Crippen LogP contribution in [-0.4, -0.2) is 36.1 Å². The Morgan fingerprint density at radius 3 is 2.64 bits per heavy atom. The SMILES string of the molecule is Cc1cncc(N2CCNCC2)n1.Cl. The lowest BCUT2D eigenvalue weighted by Crippen LogP contribution is -2.44. The molecular weight excluding hydrogens is 200 g/mol. The minimum absolute atomic E-state index is 0. The van der Waals surface area contributed by atoms with E-state index < -0.39 is 0 Å². The van der Waals surface area contributed by atoms with Gasteiger partial charge in [-0.3, -0.25) is 4.98 Å². The summed E-state index contributed by atoms with van der Waals surface area (Å²) < 4.78 is 0. The van der Waals surface area contributed by atoms with Crippen LogP contribution in [0.3, 0.4) is 0 Å². The first-order chi connectivity index (χ1) is 6.36. The van der Waals surface area contributed by atoms with Crippen molar-refractivity contribution >= 4 is 18.2 Å². The minimum atomic E-state index is 0. The van der Waals surface area contributed by atoms with Gasteiger partial charge in [0.05, 0.1) is 11.9 Å². The predicted octanol–water partition coefficient (Wildman–Crippen LogP) is 0.616. The monoisotopic (exact) mass is 214 g/mol. The Bertz CT molecular complexity index is 286. The second-order valence-corrected chi connectivity index (χ2v) is 3.26. The number of rotatable bonds is 1. The summed E-state index contributed by atoms with van der Waals surface area (Å²) >= 11 is 0. The zero-order valence-corrected chi connectivity index (χ0v) is 9.05. The summed E-state index contributed by atoms with van der Waals surface area (Å²) in [7, 11) is 0. The van der Waals surface area contributed by atoms with Crippen molar-refractivity contribution < 1.29 is 0 Å². The zero-order chi connectivity index (χ0) is 9.10. The third-order valence-corrected chi connectivity index (χ3v) is 2.18. The molecule has 2 rings (SSSR count). The normalized spacial score (nSPS) is 16.2. The minimum Gasteiger partial charge on any atom is -0.353 e. The molecule has 1 aromatic rings. The summed E-state index contributed by atoms with van der Waals surface area (Å²) in [5.41, 5.74) is 0.982. The maximum absolute atomic E-state index is 4.43. The standard InChI is InChI=1S/C9H14N4.ClH/c1-8-6-11-7-9(12-8)13-4-2-10-3-5-13;/h6-7,10H,2-5H2,1H3;1H. The molecule has 0 atom stereocenters. The van der Waals surface area contributed by atoms with E-state index in [2.05, 4.69) is 20.2 Å². The van der Waals surface area contributed by atoms with Gasteiger partial charge in [0.1, 0.15) is 5.82 Å². The van der Waals surface area contributed by atoms with E-state index in [1.165, 1.54) is 0 Å². The number of nitrogens with one attached hydrogen (secondary N) is 1. The van der Waals surface area contributed by atoms with Crippen molar-refractivity contribution in [2.45, 2.75) is 6.92 Å². The first-order valence-electron chi connectivity index (χ1n) is 4.60. The maximum Gasteiger partial charge on any atom is 0.147 e. The van der Waals surface area contributed by atoms with E-state index in [-0.39, 0.29) is 12.4 Å². The second kappa shape index (κ2) is 5.12. The van der Waals surface area contributed by atoms with Crippen molar-refractivity contribution in [3.63, 3.8) is 0 Å². The van der Waals surface area contributed by atoms with Crippen molar-refractivity contribution in [1.82, 2.24) is 15.3 Å². The topological polar surface area (TPSA) is 41.1 Å². The average Bonchev–Trinajstić information content (AvgIpc) is 2.19. The molecule has 14 heavy (non-hydrogen) atoms. The van der Waals surface area contributed by atoms with E-state index in [4.69, 9.17) is 0 Å². The van der Waals surface area contributed by atoms with E-state index >= 15 is 0 Å². The second-order valence-electron chi connectivity index (χ2n) is 3.26. The molecule has 0 bridgehead atoms. The van der Waals surface area contributed by atoms with Crippen molar-refractivity contribution in [1.29, 1.82) is 0 Å². The number of hydrogen-bond acceptors (Lipinski definition) is 4. The number of aryl methyl sites for hydroxylation is 1. The van der Waals surface area contributed by atoms with Crippen molar-refractivity contribution in [2.24, 2.45) is 0 Å². The Balaban J connectivity index is 0.000000980. The molecule has 4 nitrogen and oxygen atoms in total.